The fourth-order valence-corrected chi connectivity index (χ4v) is 4.04. The summed E-state index contributed by atoms with van der Waals surface area (Å²) in [5.41, 5.74) is 2.67. The van der Waals surface area contributed by atoms with Gasteiger partial charge in [0.1, 0.15) is 5.82 Å². The Morgan fingerprint density at radius 2 is 1.96 bits per heavy atom. The van der Waals surface area contributed by atoms with Crippen molar-refractivity contribution in [2.45, 2.75) is 32.6 Å². The number of H-pyrrole nitrogens is 2. The summed E-state index contributed by atoms with van der Waals surface area (Å²) in [4.78, 5) is 25.2. The van der Waals surface area contributed by atoms with Gasteiger partial charge in [-0.15, -0.1) is 0 Å². The zero-order valence-corrected chi connectivity index (χ0v) is 14.3. The Balaban J connectivity index is 1.96. The molecule has 124 valence electrons. The summed E-state index contributed by atoms with van der Waals surface area (Å²) < 4.78 is 0. The molecule has 0 saturated heterocycles. The topological polar surface area (TPSA) is 77.8 Å². The van der Waals surface area contributed by atoms with Crippen molar-refractivity contribution in [2.24, 2.45) is 5.41 Å². The number of nitrogens with one attached hydrogen (secondary N) is 3. The summed E-state index contributed by atoms with van der Waals surface area (Å²) in [5.74, 6) is 0.327. The first kappa shape index (κ1) is 15.3. The van der Waals surface area contributed by atoms with E-state index in [1.54, 1.807) is 6.07 Å². The minimum atomic E-state index is -0.395. The van der Waals surface area contributed by atoms with Crippen LogP contribution in [0.5, 0.6) is 0 Å². The molecular weight excluding hydrogens is 326 g/mol. The van der Waals surface area contributed by atoms with Crippen LogP contribution in [0, 0.1) is 5.41 Å². The normalized spacial score (nSPS) is 22.0. The molecule has 1 atom stereocenters. The quantitative estimate of drug-likeness (QED) is 0.741. The van der Waals surface area contributed by atoms with Crippen molar-refractivity contribution in [3.05, 3.63) is 62.0 Å². The van der Waals surface area contributed by atoms with E-state index in [1.165, 1.54) is 0 Å². The third-order valence-corrected chi connectivity index (χ3v) is 5.01. The maximum Gasteiger partial charge on any atom is 0.270 e. The van der Waals surface area contributed by atoms with Crippen LogP contribution in [0.2, 0.25) is 5.02 Å². The number of carbonyl (C=O) groups excluding carboxylic acids is 1. The number of ketones is 1. The molecule has 4 rings (SSSR count). The van der Waals surface area contributed by atoms with Crippen LogP contribution in [0.1, 0.15) is 43.7 Å². The van der Waals surface area contributed by atoms with Gasteiger partial charge in [-0.25, -0.2) is 0 Å². The lowest BCUT2D eigenvalue weighted by molar-refractivity contribution is -0.118. The van der Waals surface area contributed by atoms with Crippen molar-refractivity contribution in [3.63, 3.8) is 0 Å². The van der Waals surface area contributed by atoms with Gasteiger partial charge in [-0.3, -0.25) is 19.8 Å². The number of hydrogen-bond acceptors (Lipinski definition) is 3. The summed E-state index contributed by atoms with van der Waals surface area (Å²) in [6, 6.07) is 7.37. The molecule has 24 heavy (non-hydrogen) atoms. The highest BCUT2D eigenvalue weighted by atomic mass is 35.5. The Kier molecular flexibility index (Phi) is 3.25. The summed E-state index contributed by atoms with van der Waals surface area (Å²) >= 11 is 6.15. The monoisotopic (exact) mass is 343 g/mol. The molecule has 0 unspecified atom stereocenters. The molecule has 1 aliphatic heterocycles. The van der Waals surface area contributed by atoms with Crippen LogP contribution in [0.4, 0.5) is 5.82 Å². The fourth-order valence-electron chi connectivity index (χ4n) is 3.84. The number of aromatic amines is 2. The average Bonchev–Trinajstić information content (AvgIpc) is 2.85. The highest BCUT2D eigenvalue weighted by Gasteiger charge is 2.42. The molecule has 1 aromatic carbocycles. The lowest BCUT2D eigenvalue weighted by atomic mass is 9.69. The number of fused-ring (bicyclic) bond motifs is 1. The van der Waals surface area contributed by atoms with E-state index in [1.807, 2.05) is 18.2 Å². The lowest BCUT2D eigenvalue weighted by Gasteiger charge is -2.37. The Labute approximate surface area is 144 Å². The highest BCUT2D eigenvalue weighted by Crippen LogP contribution is 2.47. The van der Waals surface area contributed by atoms with Gasteiger partial charge in [0, 0.05) is 28.6 Å². The van der Waals surface area contributed by atoms with E-state index in [9.17, 15) is 9.59 Å². The van der Waals surface area contributed by atoms with E-state index in [-0.39, 0.29) is 16.8 Å². The van der Waals surface area contributed by atoms with E-state index in [0.717, 1.165) is 17.7 Å². The van der Waals surface area contributed by atoms with Crippen molar-refractivity contribution < 1.29 is 4.79 Å². The molecule has 1 aromatic heterocycles. The first-order valence-electron chi connectivity index (χ1n) is 7.95. The summed E-state index contributed by atoms with van der Waals surface area (Å²) in [6.45, 7) is 4.17. The molecule has 2 aromatic rings. The molecule has 1 aliphatic carbocycles. The number of carbonyl (C=O) groups is 1. The van der Waals surface area contributed by atoms with Crippen LogP contribution < -0.4 is 10.9 Å². The standard InChI is InChI=1S/C18H18ClN3O2/c1-18(2)7-11-14(12(23)8-18)13(9-4-3-5-10(19)6-9)15-16(20-11)21-22-17(15)24/h3-6,13H,7-8H2,1-2H3,(H3,20,21,22,24)/t13-/m0/s1. The largest absolute Gasteiger partial charge is 0.343 e. The van der Waals surface area contributed by atoms with Gasteiger partial charge in [-0.2, -0.15) is 0 Å². The van der Waals surface area contributed by atoms with Crippen molar-refractivity contribution in [1.82, 2.24) is 10.2 Å². The second-order valence-electron chi connectivity index (χ2n) is 7.31. The van der Waals surface area contributed by atoms with Gasteiger partial charge in [0.15, 0.2) is 5.78 Å². The number of Topliss-reactive ketones (excluding diaryl/α,β-unsaturated/α-hetero) is 1. The van der Waals surface area contributed by atoms with E-state index in [2.05, 4.69) is 29.4 Å². The van der Waals surface area contributed by atoms with Gasteiger partial charge in [0.25, 0.3) is 5.56 Å². The summed E-state index contributed by atoms with van der Waals surface area (Å²) in [7, 11) is 0. The molecule has 0 amide bonds. The third kappa shape index (κ3) is 2.31. The van der Waals surface area contributed by atoms with Crippen molar-refractivity contribution >= 4 is 23.2 Å². The number of aromatic nitrogens is 2. The van der Waals surface area contributed by atoms with Crippen LogP contribution in [0.25, 0.3) is 0 Å². The Bertz CT molecular complexity index is 936. The number of hydrogen-bond donors (Lipinski definition) is 3. The minimum Gasteiger partial charge on any atom is -0.343 e. The molecule has 2 aliphatic rings. The van der Waals surface area contributed by atoms with Gasteiger partial charge >= 0.3 is 0 Å². The van der Waals surface area contributed by atoms with Crippen LogP contribution in [0.3, 0.4) is 0 Å². The zero-order chi connectivity index (χ0) is 17.1. The zero-order valence-electron chi connectivity index (χ0n) is 13.5. The fraction of sp³-hybridized carbons (Fsp3) is 0.333. The molecule has 0 spiro atoms. The third-order valence-electron chi connectivity index (χ3n) is 4.77. The Morgan fingerprint density at radius 3 is 2.71 bits per heavy atom. The second kappa shape index (κ2) is 5.11. The smallest absolute Gasteiger partial charge is 0.270 e. The molecule has 2 heterocycles. The Morgan fingerprint density at radius 1 is 1.17 bits per heavy atom. The predicted octanol–water partition coefficient (Wildman–Crippen LogP) is 3.56. The molecule has 0 bridgehead atoms. The van der Waals surface area contributed by atoms with E-state index in [0.29, 0.717) is 28.4 Å². The average molecular weight is 344 g/mol. The number of rotatable bonds is 1. The van der Waals surface area contributed by atoms with Crippen LogP contribution in [-0.4, -0.2) is 16.0 Å². The van der Waals surface area contributed by atoms with Crippen molar-refractivity contribution in [2.75, 3.05) is 5.32 Å². The lowest BCUT2D eigenvalue weighted by Crippen LogP contribution is -2.34. The first-order chi connectivity index (χ1) is 11.4. The molecule has 0 fully saturated rings. The van der Waals surface area contributed by atoms with E-state index < -0.39 is 5.92 Å². The van der Waals surface area contributed by atoms with Crippen molar-refractivity contribution in [1.29, 1.82) is 0 Å². The second-order valence-corrected chi connectivity index (χ2v) is 7.75. The molecule has 6 heteroatoms. The van der Waals surface area contributed by atoms with Gasteiger partial charge in [-0.1, -0.05) is 37.6 Å². The Hall–Kier alpha value is -2.27. The van der Waals surface area contributed by atoms with Crippen molar-refractivity contribution in [3.8, 4) is 0 Å². The van der Waals surface area contributed by atoms with Crippen LogP contribution >= 0.6 is 11.6 Å². The molecule has 3 N–H and O–H groups in total. The number of benzene rings is 1. The predicted molar refractivity (Wildman–Crippen MR) is 93.4 cm³/mol. The van der Waals surface area contributed by atoms with Gasteiger partial charge in [0.05, 0.1) is 5.56 Å². The van der Waals surface area contributed by atoms with Gasteiger partial charge in [-0.05, 0) is 29.5 Å². The van der Waals surface area contributed by atoms with Gasteiger partial charge in [0.2, 0.25) is 0 Å². The maximum atomic E-state index is 12.9. The van der Waals surface area contributed by atoms with Crippen LogP contribution in [0.15, 0.2) is 40.3 Å². The van der Waals surface area contributed by atoms with Gasteiger partial charge < -0.3 is 5.32 Å². The van der Waals surface area contributed by atoms with E-state index >= 15 is 0 Å². The van der Waals surface area contributed by atoms with E-state index in [4.69, 9.17) is 11.6 Å². The highest BCUT2D eigenvalue weighted by molar-refractivity contribution is 6.30. The summed E-state index contributed by atoms with van der Waals surface area (Å²) in [6.07, 6.45) is 1.24. The van der Waals surface area contributed by atoms with Crippen LogP contribution in [-0.2, 0) is 4.79 Å². The SMILES string of the molecule is CC1(C)CC(=O)C2=C(C1)Nc1[nH][nH]c(=O)c1[C@H]2c1cccc(Cl)c1. The molecule has 5 nitrogen and oxygen atoms in total. The number of halogens is 1. The maximum absolute atomic E-state index is 12.9. The minimum absolute atomic E-state index is 0.0879. The number of anilines is 1. The molecule has 0 saturated carbocycles. The number of allylic oxidation sites excluding steroid dienone is 2. The molecule has 0 radical (unpaired) electrons. The first-order valence-corrected chi connectivity index (χ1v) is 8.33. The summed E-state index contributed by atoms with van der Waals surface area (Å²) in [5, 5.41) is 9.36. The molecular formula is C18H18ClN3O2.